The van der Waals surface area contributed by atoms with Crippen molar-refractivity contribution < 1.29 is 4.74 Å². The van der Waals surface area contributed by atoms with Crippen molar-refractivity contribution in [2.24, 2.45) is 0 Å². The minimum absolute atomic E-state index is 0.0741. The number of aromatic nitrogens is 3. The molecule has 140 valence electrons. The number of likely N-dealkylation sites (tertiary alicyclic amines) is 1. The first-order chi connectivity index (χ1) is 13.1. The van der Waals surface area contributed by atoms with Crippen molar-refractivity contribution in [1.82, 2.24) is 19.9 Å². The number of rotatable bonds is 4. The highest BCUT2D eigenvalue weighted by Crippen LogP contribution is 2.29. The topological polar surface area (TPSA) is 71.1 Å². The Labute approximate surface area is 158 Å². The van der Waals surface area contributed by atoms with Gasteiger partial charge in [-0.05, 0) is 38.4 Å². The lowest BCUT2D eigenvalue weighted by atomic mass is 9.94. The SMILES string of the molecule is COc1nc2ccccc2cc1CN1CCC[C@H](c2cc(=O)[nH]c(C)n2)C1. The summed E-state index contributed by atoms with van der Waals surface area (Å²) in [6, 6.07) is 11.9. The van der Waals surface area contributed by atoms with Gasteiger partial charge in [-0.15, -0.1) is 0 Å². The van der Waals surface area contributed by atoms with E-state index < -0.39 is 0 Å². The summed E-state index contributed by atoms with van der Waals surface area (Å²) in [5, 5.41) is 1.12. The Morgan fingerprint density at radius 1 is 1.26 bits per heavy atom. The zero-order chi connectivity index (χ0) is 18.8. The second kappa shape index (κ2) is 7.48. The molecule has 2 aromatic heterocycles. The zero-order valence-electron chi connectivity index (χ0n) is 15.7. The Hall–Kier alpha value is -2.73. The first-order valence-electron chi connectivity index (χ1n) is 9.35. The van der Waals surface area contributed by atoms with Gasteiger partial charge in [0.25, 0.3) is 5.56 Å². The lowest BCUT2D eigenvalue weighted by Crippen LogP contribution is -2.34. The molecule has 6 nitrogen and oxygen atoms in total. The minimum Gasteiger partial charge on any atom is -0.481 e. The molecular weight excluding hydrogens is 340 g/mol. The van der Waals surface area contributed by atoms with Gasteiger partial charge in [0.15, 0.2) is 0 Å². The number of para-hydroxylation sites is 1. The number of aromatic amines is 1. The number of piperidine rings is 1. The molecule has 1 N–H and O–H groups in total. The predicted molar refractivity (Wildman–Crippen MR) is 105 cm³/mol. The van der Waals surface area contributed by atoms with E-state index in [-0.39, 0.29) is 11.5 Å². The molecule has 0 bridgehead atoms. The van der Waals surface area contributed by atoms with Crippen molar-refractivity contribution in [3.63, 3.8) is 0 Å². The molecule has 0 aliphatic carbocycles. The van der Waals surface area contributed by atoms with E-state index in [0.29, 0.717) is 11.7 Å². The maximum atomic E-state index is 11.8. The van der Waals surface area contributed by atoms with Gasteiger partial charge in [0.2, 0.25) is 5.88 Å². The molecule has 0 saturated carbocycles. The third-order valence-electron chi connectivity index (χ3n) is 5.15. The molecule has 1 fully saturated rings. The van der Waals surface area contributed by atoms with Crippen LogP contribution in [0, 0.1) is 6.92 Å². The maximum Gasteiger partial charge on any atom is 0.251 e. The van der Waals surface area contributed by atoms with Crippen LogP contribution in [0.4, 0.5) is 0 Å². The van der Waals surface area contributed by atoms with Crippen LogP contribution in [0.5, 0.6) is 5.88 Å². The predicted octanol–water partition coefficient (Wildman–Crippen LogP) is 3.01. The van der Waals surface area contributed by atoms with Gasteiger partial charge in [-0.3, -0.25) is 9.69 Å². The van der Waals surface area contributed by atoms with Crippen LogP contribution in [0.1, 0.15) is 35.8 Å². The molecule has 27 heavy (non-hydrogen) atoms. The van der Waals surface area contributed by atoms with Crippen LogP contribution in [0.25, 0.3) is 10.9 Å². The Kier molecular flexibility index (Phi) is 4.90. The average Bonchev–Trinajstić information content (AvgIpc) is 2.67. The number of fused-ring (bicyclic) bond motifs is 1. The molecule has 4 rings (SSSR count). The van der Waals surface area contributed by atoms with Crippen LogP contribution in [-0.2, 0) is 6.54 Å². The summed E-state index contributed by atoms with van der Waals surface area (Å²) >= 11 is 0. The van der Waals surface area contributed by atoms with Gasteiger partial charge in [0, 0.05) is 36.0 Å². The minimum atomic E-state index is -0.0741. The largest absolute Gasteiger partial charge is 0.481 e. The lowest BCUT2D eigenvalue weighted by Gasteiger charge is -2.32. The molecule has 0 unspecified atom stereocenters. The average molecular weight is 364 g/mol. The summed E-state index contributed by atoms with van der Waals surface area (Å²) in [6.45, 7) is 4.51. The second-order valence-corrected chi connectivity index (χ2v) is 7.18. The van der Waals surface area contributed by atoms with Crippen LogP contribution in [0.15, 0.2) is 41.2 Å². The van der Waals surface area contributed by atoms with Crippen LogP contribution in [-0.4, -0.2) is 40.1 Å². The number of aryl methyl sites for hydroxylation is 1. The molecule has 0 spiro atoms. The molecular formula is C21H24N4O2. The van der Waals surface area contributed by atoms with Crippen molar-refractivity contribution in [2.45, 2.75) is 32.2 Å². The fourth-order valence-electron chi connectivity index (χ4n) is 3.93. The fourth-order valence-corrected chi connectivity index (χ4v) is 3.93. The number of hydrogen-bond donors (Lipinski definition) is 1. The molecule has 1 aliphatic heterocycles. The Morgan fingerprint density at radius 2 is 2.11 bits per heavy atom. The van der Waals surface area contributed by atoms with Gasteiger partial charge in [0.05, 0.1) is 18.3 Å². The number of ether oxygens (including phenoxy) is 1. The number of pyridine rings is 1. The number of hydrogen-bond acceptors (Lipinski definition) is 5. The summed E-state index contributed by atoms with van der Waals surface area (Å²) < 4.78 is 5.54. The number of H-pyrrole nitrogens is 1. The van der Waals surface area contributed by atoms with E-state index in [2.05, 4.69) is 32.0 Å². The standard InChI is InChI=1S/C21H24N4O2/c1-14-22-19(11-20(26)23-14)16-7-5-9-25(12-16)13-17-10-15-6-3-4-8-18(15)24-21(17)27-2/h3-4,6,8,10-11,16H,5,7,9,12-13H2,1-2H3,(H,22,23,26)/t16-/m0/s1. The second-order valence-electron chi connectivity index (χ2n) is 7.18. The first-order valence-corrected chi connectivity index (χ1v) is 9.35. The highest BCUT2D eigenvalue weighted by molar-refractivity contribution is 5.80. The van der Waals surface area contributed by atoms with Gasteiger partial charge in [-0.2, -0.15) is 0 Å². The van der Waals surface area contributed by atoms with E-state index in [4.69, 9.17) is 4.74 Å². The Balaban J connectivity index is 1.57. The summed E-state index contributed by atoms with van der Waals surface area (Å²) in [6.07, 6.45) is 2.14. The summed E-state index contributed by atoms with van der Waals surface area (Å²) in [4.78, 5) is 26.1. The fraction of sp³-hybridized carbons (Fsp3) is 0.381. The van der Waals surface area contributed by atoms with E-state index >= 15 is 0 Å². The molecule has 1 saturated heterocycles. The maximum absolute atomic E-state index is 11.8. The number of nitrogens with zero attached hydrogens (tertiary/aromatic N) is 3. The molecule has 1 atom stereocenters. The quantitative estimate of drug-likeness (QED) is 0.770. The Bertz CT molecular complexity index is 1010. The van der Waals surface area contributed by atoms with Crippen molar-refractivity contribution in [2.75, 3.05) is 20.2 Å². The number of methoxy groups -OCH3 is 1. The molecule has 3 aromatic rings. The van der Waals surface area contributed by atoms with E-state index in [1.165, 1.54) is 0 Å². The molecule has 1 aromatic carbocycles. The van der Waals surface area contributed by atoms with Crippen molar-refractivity contribution in [3.05, 3.63) is 63.8 Å². The molecule has 6 heteroatoms. The molecule has 0 radical (unpaired) electrons. The van der Waals surface area contributed by atoms with E-state index in [1.807, 2.05) is 25.1 Å². The van der Waals surface area contributed by atoms with Crippen LogP contribution >= 0.6 is 0 Å². The first kappa shape index (κ1) is 17.7. The number of benzene rings is 1. The van der Waals surface area contributed by atoms with Crippen LogP contribution in [0.2, 0.25) is 0 Å². The van der Waals surface area contributed by atoms with Gasteiger partial charge < -0.3 is 9.72 Å². The Morgan fingerprint density at radius 3 is 2.93 bits per heavy atom. The van der Waals surface area contributed by atoms with Crippen LogP contribution in [0.3, 0.4) is 0 Å². The summed E-state index contributed by atoms with van der Waals surface area (Å²) in [5.41, 5.74) is 2.85. The molecule has 0 amide bonds. The summed E-state index contributed by atoms with van der Waals surface area (Å²) in [5.74, 6) is 1.63. The monoisotopic (exact) mass is 364 g/mol. The van der Waals surface area contributed by atoms with E-state index in [1.54, 1.807) is 13.2 Å². The van der Waals surface area contributed by atoms with Gasteiger partial charge in [-0.1, -0.05) is 18.2 Å². The highest BCUT2D eigenvalue weighted by Gasteiger charge is 2.24. The van der Waals surface area contributed by atoms with E-state index in [9.17, 15) is 4.79 Å². The molecule has 1 aliphatic rings. The third-order valence-corrected chi connectivity index (χ3v) is 5.15. The zero-order valence-corrected chi connectivity index (χ0v) is 15.7. The van der Waals surface area contributed by atoms with Crippen molar-refractivity contribution in [3.8, 4) is 5.88 Å². The van der Waals surface area contributed by atoms with Crippen molar-refractivity contribution in [1.29, 1.82) is 0 Å². The summed E-state index contributed by atoms with van der Waals surface area (Å²) in [7, 11) is 1.67. The normalized spacial score (nSPS) is 17.9. The molecule has 3 heterocycles. The van der Waals surface area contributed by atoms with E-state index in [0.717, 1.165) is 54.6 Å². The number of nitrogens with one attached hydrogen (secondary N) is 1. The third kappa shape index (κ3) is 3.85. The van der Waals surface area contributed by atoms with Gasteiger partial charge in [-0.25, -0.2) is 9.97 Å². The smallest absolute Gasteiger partial charge is 0.251 e. The van der Waals surface area contributed by atoms with Crippen molar-refractivity contribution >= 4 is 10.9 Å². The van der Waals surface area contributed by atoms with Crippen LogP contribution < -0.4 is 10.3 Å². The lowest BCUT2D eigenvalue weighted by molar-refractivity contribution is 0.195. The van der Waals surface area contributed by atoms with Gasteiger partial charge in [0.1, 0.15) is 5.82 Å². The van der Waals surface area contributed by atoms with Gasteiger partial charge >= 0.3 is 0 Å². The highest BCUT2D eigenvalue weighted by atomic mass is 16.5.